The molecule has 0 aliphatic carbocycles. The lowest BCUT2D eigenvalue weighted by atomic mass is 10.2. The van der Waals surface area contributed by atoms with Crippen molar-refractivity contribution in [1.29, 1.82) is 5.26 Å². The number of hydrogen-bond acceptors (Lipinski definition) is 4. The fourth-order valence-electron chi connectivity index (χ4n) is 2.39. The SMILES string of the molecule is Cn1c(/C(C#N)=C(/O)CSc2ccccc2Cl)nc2ccccc21. The molecule has 3 aromatic rings. The largest absolute Gasteiger partial charge is 0.510 e. The molecule has 0 aliphatic rings. The van der Waals surface area contributed by atoms with Gasteiger partial charge in [0, 0.05) is 11.9 Å². The zero-order chi connectivity index (χ0) is 17.1. The smallest absolute Gasteiger partial charge is 0.155 e. The number of hydrogen-bond donors (Lipinski definition) is 1. The van der Waals surface area contributed by atoms with E-state index in [-0.39, 0.29) is 17.1 Å². The summed E-state index contributed by atoms with van der Waals surface area (Å²) in [5, 5.41) is 20.5. The van der Waals surface area contributed by atoms with Crippen molar-refractivity contribution in [3.63, 3.8) is 0 Å². The summed E-state index contributed by atoms with van der Waals surface area (Å²) in [6.07, 6.45) is 0. The zero-order valence-electron chi connectivity index (χ0n) is 12.9. The van der Waals surface area contributed by atoms with Gasteiger partial charge in [-0.1, -0.05) is 35.9 Å². The first kappa shape index (κ1) is 16.4. The maximum absolute atomic E-state index is 10.4. The van der Waals surface area contributed by atoms with E-state index in [1.165, 1.54) is 11.8 Å². The van der Waals surface area contributed by atoms with E-state index in [0.29, 0.717) is 10.8 Å². The number of imidazole rings is 1. The summed E-state index contributed by atoms with van der Waals surface area (Å²) in [5.74, 6) is 0.687. The normalized spacial score (nSPS) is 12.0. The molecule has 0 aliphatic heterocycles. The fraction of sp³-hybridized carbons (Fsp3) is 0.111. The number of aryl methyl sites for hydroxylation is 1. The lowest BCUT2D eigenvalue weighted by molar-refractivity contribution is 0.420. The number of aliphatic hydroxyl groups excluding tert-OH is 1. The molecular formula is C18H14ClN3OS. The Hall–Kier alpha value is -2.42. The summed E-state index contributed by atoms with van der Waals surface area (Å²) in [7, 11) is 1.83. The van der Waals surface area contributed by atoms with Crippen molar-refractivity contribution < 1.29 is 5.11 Å². The Balaban J connectivity index is 1.94. The predicted octanol–water partition coefficient (Wildman–Crippen LogP) is 4.81. The maximum Gasteiger partial charge on any atom is 0.155 e. The number of thioether (sulfide) groups is 1. The highest BCUT2D eigenvalue weighted by Crippen LogP contribution is 2.30. The highest BCUT2D eigenvalue weighted by Gasteiger charge is 2.16. The molecule has 120 valence electrons. The number of nitriles is 1. The zero-order valence-corrected chi connectivity index (χ0v) is 14.5. The van der Waals surface area contributed by atoms with Gasteiger partial charge in [-0.05, 0) is 24.3 Å². The number of fused-ring (bicyclic) bond motifs is 1. The molecule has 0 saturated carbocycles. The number of halogens is 1. The van der Waals surface area contributed by atoms with E-state index >= 15 is 0 Å². The van der Waals surface area contributed by atoms with E-state index in [9.17, 15) is 10.4 Å². The van der Waals surface area contributed by atoms with Gasteiger partial charge in [-0.3, -0.25) is 0 Å². The summed E-state index contributed by atoms with van der Waals surface area (Å²) < 4.78 is 1.81. The standard InChI is InChI=1S/C18H14ClN3OS/c1-22-15-8-4-3-7-14(15)21-18(22)12(10-20)16(23)11-24-17-9-5-2-6-13(17)19/h2-9,23H,11H2,1H3/b16-12+. The Bertz CT molecular complexity index is 972. The number of rotatable bonds is 4. The molecule has 24 heavy (non-hydrogen) atoms. The third-order valence-corrected chi connectivity index (χ3v) is 5.14. The Morgan fingerprint density at radius 1 is 1.25 bits per heavy atom. The van der Waals surface area contributed by atoms with Gasteiger partial charge in [0.25, 0.3) is 0 Å². The molecule has 0 atom stereocenters. The van der Waals surface area contributed by atoms with E-state index in [1.807, 2.05) is 54.1 Å². The van der Waals surface area contributed by atoms with Gasteiger partial charge in [-0.15, -0.1) is 11.8 Å². The minimum absolute atomic E-state index is 0.0131. The lowest BCUT2D eigenvalue weighted by Crippen LogP contribution is -2.00. The molecule has 6 heteroatoms. The van der Waals surface area contributed by atoms with Gasteiger partial charge in [0.1, 0.15) is 17.4 Å². The second-order valence-electron chi connectivity index (χ2n) is 5.14. The van der Waals surface area contributed by atoms with Crippen LogP contribution >= 0.6 is 23.4 Å². The van der Waals surface area contributed by atoms with Crippen LogP contribution in [-0.4, -0.2) is 20.4 Å². The van der Waals surface area contributed by atoms with Crippen molar-refractivity contribution in [1.82, 2.24) is 9.55 Å². The lowest BCUT2D eigenvalue weighted by Gasteiger charge is -2.06. The number of aromatic nitrogens is 2. The van der Waals surface area contributed by atoms with Crippen LogP contribution < -0.4 is 0 Å². The van der Waals surface area contributed by atoms with E-state index in [0.717, 1.165) is 15.9 Å². The molecule has 0 saturated heterocycles. The monoisotopic (exact) mass is 355 g/mol. The molecule has 0 amide bonds. The van der Waals surface area contributed by atoms with Crippen molar-refractivity contribution >= 4 is 40.0 Å². The second kappa shape index (κ2) is 7.00. The van der Waals surface area contributed by atoms with Crippen molar-refractivity contribution in [2.45, 2.75) is 4.90 Å². The summed E-state index contributed by atoms with van der Waals surface area (Å²) >= 11 is 7.50. The highest BCUT2D eigenvalue weighted by molar-refractivity contribution is 7.99. The van der Waals surface area contributed by atoms with E-state index in [1.54, 1.807) is 6.07 Å². The van der Waals surface area contributed by atoms with Crippen LogP contribution in [0.3, 0.4) is 0 Å². The molecule has 0 radical (unpaired) electrons. The van der Waals surface area contributed by atoms with Gasteiger partial charge in [0.05, 0.1) is 21.8 Å². The molecule has 1 N–H and O–H groups in total. The van der Waals surface area contributed by atoms with Gasteiger partial charge in [-0.25, -0.2) is 4.98 Å². The average Bonchev–Trinajstić information content (AvgIpc) is 2.92. The molecule has 2 aromatic carbocycles. The van der Waals surface area contributed by atoms with Crippen molar-refractivity contribution in [2.24, 2.45) is 7.05 Å². The van der Waals surface area contributed by atoms with Crippen LogP contribution in [0.5, 0.6) is 0 Å². The minimum Gasteiger partial charge on any atom is -0.510 e. The Morgan fingerprint density at radius 2 is 1.96 bits per heavy atom. The first-order chi connectivity index (χ1) is 11.6. The molecule has 3 rings (SSSR count). The first-order valence-corrected chi connectivity index (χ1v) is 8.59. The fourth-order valence-corrected chi connectivity index (χ4v) is 3.51. The number of benzene rings is 2. The minimum atomic E-state index is -0.0131. The van der Waals surface area contributed by atoms with E-state index in [4.69, 9.17) is 11.6 Å². The Morgan fingerprint density at radius 3 is 2.67 bits per heavy atom. The molecule has 0 spiro atoms. The number of para-hydroxylation sites is 2. The molecule has 4 nitrogen and oxygen atoms in total. The van der Waals surface area contributed by atoms with Crippen LogP contribution in [0.15, 0.2) is 59.2 Å². The Kier molecular flexibility index (Phi) is 4.79. The molecule has 0 bridgehead atoms. The number of aliphatic hydroxyl groups is 1. The van der Waals surface area contributed by atoms with Gasteiger partial charge in [0.15, 0.2) is 5.82 Å². The quantitative estimate of drug-likeness (QED) is 0.414. The molecule has 0 fully saturated rings. The number of nitrogens with zero attached hydrogens (tertiary/aromatic N) is 3. The second-order valence-corrected chi connectivity index (χ2v) is 6.56. The van der Waals surface area contributed by atoms with Crippen molar-refractivity contribution in [2.75, 3.05) is 5.75 Å². The van der Waals surface area contributed by atoms with E-state index < -0.39 is 0 Å². The Labute approximate surface area is 149 Å². The van der Waals surface area contributed by atoms with Crippen LogP contribution in [0, 0.1) is 11.3 Å². The summed E-state index contributed by atoms with van der Waals surface area (Å²) in [5.41, 5.74) is 1.87. The van der Waals surface area contributed by atoms with Crippen molar-refractivity contribution in [3.8, 4) is 6.07 Å². The van der Waals surface area contributed by atoms with E-state index in [2.05, 4.69) is 11.1 Å². The first-order valence-electron chi connectivity index (χ1n) is 7.23. The summed E-state index contributed by atoms with van der Waals surface area (Å²) in [6.45, 7) is 0. The van der Waals surface area contributed by atoms with Crippen LogP contribution in [0.2, 0.25) is 5.02 Å². The molecular weight excluding hydrogens is 342 g/mol. The highest BCUT2D eigenvalue weighted by atomic mass is 35.5. The summed E-state index contributed by atoms with van der Waals surface area (Å²) in [4.78, 5) is 5.32. The van der Waals surface area contributed by atoms with Gasteiger partial charge in [-0.2, -0.15) is 5.26 Å². The van der Waals surface area contributed by atoms with Crippen LogP contribution in [-0.2, 0) is 7.05 Å². The molecule has 1 heterocycles. The van der Waals surface area contributed by atoms with Crippen LogP contribution in [0.25, 0.3) is 16.6 Å². The van der Waals surface area contributed by atoms with Gasteiger partial charge >= 0.3 is 0 Å². The third-order valence-electron chi connectivity index (χ3n) is 3.61. The maximum atomic E-state index is 10.4. The molecule has 0 unspecified atom stereocenters. The van der Waals surface area contributed by atoms with Gasteiger partial charge < -0.3 is 9.67 Å². The van der Waals surface area contributed by atoms with Gasteiger partial charge in [0.2, 0.25) is 0 Å². The van der Waals surface area contributed by atoms with Crippen LogP contribution in [0.1, 0.15) is 5.82 Å². The average molecular weight is 356 g/mol. The summed E-state index contributed by atoms with van der Waals surface area (Å²) in [6, 6.07) is 17.1. The van der Waals surface area contributed by atoms with Crippen molar-refractivity contribution in [3.05, 3.63) is 65.1 Å². The third kappa shape index (κ3) is 3.12. The predicted molar refractivity (Wildman–Crippen MR) is 98.1 cm³/mol. The van der Waals surface area contributed by atoms with Crippen LogP contribution in [0.4, 0.5) is 0 Å². The topological polar surface area (TPSA) is 61.8 Å². The number of allylic oxidation sites excluding steroid dienone is 1. The molecule has 1 aromatic heterocycles.